The lowest BCUT2D eigenvalue weighted by Gasteiger charge is -2.31. The molecule has 0 radical (unpaired) electrons. The minimum atomic E-state index is -2.55. The molecule has 0 N–H and O–H groups in total. The molecule has 0 aliphatic carbocycles. The molecule has 0 aromatic carbocycles. The van der Waals surface area contributed by atoms with Crippen molar-refractivity contribution in [1.29, 1.82) is 0 Å². The summed E-state index contributed by atoms with van der Waals surface area (Å²) < 4.78 is 23.3. The summed E-state index contributed by atoms with van der Waals surface area (Å²) in [6.07, 6.45) is 2.16. The second-order valence-electron chi connectivity index (χ2n) is 4.09. The zero-order valence-electron chi connectivity index (χ0n) is 12.7. The summed E-state index contributed by atoms with van der Waals surface area (Å²) in [4.78, 5) is 0. The van der Waals surface area contributed by atoms with Crippen molar-refractivity contribution in [1.82, 2.24) is 0 Å². The molecule has 0 amide bonds. The Kier molecular flexibility index (Phi) is 11.0. The Bertz CT molecular complexity index is 173. The minimum absolute atomic E-state index is 0.168. The number of hydrogen-bond donors (Lipinski definition) is 0. The van der Waals surface area contributed by atoms with E-state index >= 15 is 0 Å². The molecule has 0 aromatic rings. The van der Waals surface area contributed by atoms with Crippen LogP contribution in [0.15, 0.2) is 0 Å². The Morgan fingerprint density at radius 1 is 0.833 bits per heavy atom. The lowest BCUT2D eigenvalue weighted by molar-refractivity contribution is 0.0248. The fourth-order valence-electron chi connectivity index (χ4n) is 1.85. The van der Waals surface area contributed by atoms with Gasteiger partial charge in [0, 0.05) is 32.5 Å². The van der Waals surface area contributed by atoms with Crippen LogP contribution in [0, 0.1) is 0 Å². The van der Waals surface area contributed by atoms with E-state index in [1.807, 2.05) is 20.8 Å². The maximum absolute atomic E-state index is 5.84. The van der Waals surface area contributed by atoms with Crippen LogP contribution in [0.4, 0.5) is 0 Å². The normalized spacial score (nSPS) is 13.8. The summed E-state index contributed by atoms with van der Waals surface area (Å²) in [6.45, 7) is 12.8. The lowest BCUT2D eigenvalue weighted by atomic mass is 10.3. The monoisotopic (exact) mass is 278 g/mol. The molecule has 0 saturated carbocycles. The van der Waals surface area contributed by atoms with Gasteiger partial charge in [-0.1, -0.05) is 13.8 Å². The van der Waals surface area contributed by atoms with Gasteiger partial charge in [0.25, 0.3) is 0 Å². The Balaban J connectivity index is 4.58. The summed E-state index contributed by atoms with van der Waals surface area (Å²) in [5.41, 5.74) is 0. The summed E-state index contributed by atoms with van der Waals surface area (Å²) in [5.74, 6) is 0. The van der Waals surface area contributed by atoms with Crippen molar-refractivity contribution in [3.8, 4) is 0 Å². The summed E-state index contributed by atoms with van der Waals surface area (Å²) in [5, 5.41) is 0. The molecule has 0 fully saturated rings. The van der Waals surface area contributed by atoms with Gasteiger partial charge in [-0.2, -0.15) is 0 Å². The largest absolute Gasteiger partial charge is 0.503 e. The highest BCUT2D eigenvalue weighted by Crippen LogP contribution is 2.21. The van der Waals surface area contributed by atoms with Crippen LogP contribution in [-0.2, 0) is 18.0 Å². The van der Waals surface area contributed by atoms with E-state index in [9.17, 15) is 0 Å². The van der Waals surface area contributed by atoms with E-state index in [1.54, 1.807) is 0 Å². The summed E-state index contributed by atoms with van der Waals surface area (Å²) in [6, 6.07) is 0.749. The molecule has 4 nitrogen and oxygen atoms in total. The van der Waals surface area contributed by atoms with Crippen molar-refractivity contribution < 1.29 is 18.0 Å². The standard InChI is InChI=1S/C13H30O4Si/c1-6-11-14-13(7-2)12-18(15-8-3,16-9-4)17-10-5/h13H,6-12H2,1-5H3. The molecule has 18 heavy (non-hydrogen) atoms. The van der Waals surface area contributed by atoms with E-state index in [1.165, 1.54) is 0 Å². The lowest BCUT2D eigenvalue weighted by Crippen LogP contribution is -2.48. The van der Waals surface area contributed by atoms with Gasteiger partial charge >= 0.3 is 8.80 Å². The van der Waals surface area contributed by atoms with Gasteiger partial charge in [-0.25, -0.2) is 0 Å². The van der Waals surface area contributed by atoms with Crippen LogP contribution in [0.2, 0.25) is 6.04 Å². The topological polar surface area (TPSA) is 36.9 Å². The third-order valence-corrected chi connectivity index (χ3v) is 5.72. The molecular weight excluding hydrogens is 248 g/mol. The van der Waals surface area contributed by atoms with Gasteiger partial charge in [-0.3, -0.25) is 0 Å². The fraction of sp³-hybridized carbons (Fsp3) is 1.00. The van der Waals surface area contributed by atoms with Crippen LogP contribution >= 0.6 is 0 Å². The molecule has 0 bridgehead atoms. The molecule has 5 heteroatoms. The number of rotatable bonds is 12. The SMILES string of the molecule is CCCOC(CC)C[Si](OCC)(OCC)OCC. The van der Waals surface area contributed by atoms with Crippen LogP contribution in [0.1, 0.15) is 47.5 Å². The van der Waals surface area contributed by atoms with E-state index in [4.69, 9.17) is 18.0 Å². The zero-order valence-corrected chi connectivity index (χ0v) is 13.7. The smallest absolute Gasteiger partial charge is 0.378 e. The third kappa shape index (κ3) is 6.85. The predicted molar refractivity (Wildman–Crippen MR) is 75.8 cm³/mol. The zero-order chi connectivity index (χ0) is 13.9. The van der Waals surface area contributed by atoms with Crippen LogP contribution in [-0.4, -0.2) is 41.3 Å². The molecule has 0 saturated heterocycles. The van der Waals surface area contributed by atoms with Gasteiger partial charge in [-0.15, -0.1) is 0 Å². The van der Waals surface area contributed by atoms with Crippen LogP contribution in [0.3, 0.4) is 0 Å². The van der Waals surface area contributed by atoms with E-state index in [2.05, 4.69) is 13.8 Å². The van der Waals surface area contributed by atoms with Gasteiger partial charge in [0.05, 0.1) is 6.10 Å². The van der Waals surface area contributed by atoms with E-state index in [-0.39, 0.29) is 6.10 Å². The second kappa shape index (κ2) is 10.9. The van der Waals surface area contributed by atoms with Crippen molar-refractivity contribution in [3.05, 3.63) is 0 Å². The highest BCUT2D eigenvalue weighted by Gasteiger charge is 2.42. The van der Waals surface area contributed by atoms with Gasteiger partial charge in [-0.05, 0) is 33.6 Å². The van der Waals surface area contributed by atoms with Crippen molar-refractivity contribution in [2.24, 2.45) is 0 Å². The molecule has 0 aliphatic rings. The first-order chi connectivity index (χ1) is 8.67. The maximum Gasteiger partial charge on any atom is 0.503 e. The molecule has 0 aliphatic heterocycles. The Morgan fingerprint density at radius 3 is 1.67 bits per heavy atom. The molecule has 0 heterocycles. The number of ether oxygens (including phenoxy) is 1. The quantitative estimate of drug-likeness (QED) is 0.514. The second-order valence-corrected chi connectivity index (χ2v) is 6.73. The average Bonchev–Trinajstić information content (AvgIpc) is 2.35. The van der Waals surface area contributed by atoms with Crippen molar-refractivity contribution in [2.45, 2.75) is 59.6 Å². The molecule has 0 rings (SSSR count). The predicted octanol–water partition coefficient (Wildman–Crippen LogP) is 3.24. The molecule has 1 unspecified atom stereocenters. The van der Waals surface area contributed by atoms with Gasteiger partial charge in [0.1, 0.15) is 0 Å². The summed E-state index contributed by atoms with van der Waals surface area (Å²) >= 11 is 0. The van der Waals surface area contributed by atoms with Crippen molar-refractivity contribution in [3.63, 3.8) is 0 Å². The Labute approximate surface area is 113 Å². The first-order valence-electron chi connectivity index (χ1n) is 7.21. The van der Waals surface area contributed by atoms with Crippen LogP contribution in [0.25, 0.3) is 0 Å². The molecular formula is C13H30O4Si. The van der Waals surface area contributed by atoms with Crippen LogP contribution < -0.4 is 0 Å². The minimum Gasteiger partial charge on any atom is -0.378 e. The highest BCUT2D eigenvalue weighted by molar-refractivity contribution is 6.60. The van der Waals surface area contributed by atoms with Crippen molar-refractivity contribution >= 4 is 8.80 Å². The van der Waals surface area contributed by atoms with Crippen molar-refractivity contribution in [2.75, 3.05) is 26.4 Å². The van der Waals surface area contributed by atoms with E-state index in [0.29, 0.717) is 19.8 Å². The van der Waals surface area contributed by atoms with Gasteiger partial charge in [0.2, 0.25) is 0 Å². The average molecular weight is 278 g/mol. The van der Waals surface area contributed by atoms with Gasteiger partial charge < -0.3 is 18.0 Å². The molecule has 1 atom stereocenters. The summed E-state index contributed by atoms with van der Waals surface area (Å²) in [7, 11) is -2.55. The van der Waals surface area contributed by atoms with E-state index in [0.717, 1.165) is 25.5 Å². The van der Waals surface area contributed by atoms with Gasteiger partial charge in [0.15, 0.2) is 0 Å². The number of hydrogen-bond acceptors (Lipinski definition) is 4. The Hall–Kier alpha value is 0.0569. The molecule has 0 aromatic heterocycles. The van der Waals surface area contributed by atoms with Crippen LogP contribution in [0.5, 0.6) is 0 Å². The maximum atomic E-state index is 5.84. The Morgan fingerprint density at radius 2 is 1.33 bits per heavy atom. The highest BCUT2D eigenvalue weighted by atomic mass is 28.4. The molecule has 110 valence electrons. The fourth-order valence-corrected chi connectivity index (χ4v) is 4.73. The molecule has 0 spiro atoms. The first kappa shape index (κ1) is 18.1. The van der Waals surface area contributed by atoms with E-state index < -0.39 is 8.80 Å². The first-order valence-corrected chi connectivity index (χ1v) is 9.14. The third-order valence-electron chi connectivity index (χ3n) is 2.58.